The van der Waals surface area contributed by atoms with E-state index in [1.165, 1.54) is 39.9 Å². The molecule has 1 saturated carbocycles. The van der Waals surface area contributed by atoms with Crippen LogP contribution >= 0.6 is 0 Å². The highest BCUT2D eigenvalue weighted by molar-refractivity contribution is 6.05. The Morgan fingerprint density at radius 1 is 1.02 bits per heavy atom. The smallest absolute Gasteiger partial charge is 0.307 e. The first-order valence-electron chi connectivity index (χ1n) is 14.1. The highest BCUT2D eigenvalue weighted by Crippen LogP contribution is 2.79. The fourth-order valence-electron chi connectivity index (χ4n) is 9.87. The molecule has 9 atom stereocenters. The average molecular weight is 588 g/mol. The molecule has 1 aromatic rings. The summed E-state index contributed by atoms with van der Waals surface area (Å²) in [7, 11) is 4.83. The van der Waals surface area contributed by atoms with Crippen LogP contribution < -0.4 is 14.4 Å². The maximum absolute atomic E-state index is 14.4. The van der Waals surface area contributed by atoms with Crippen LogP contribution in [0.1, 0.15) is 46.1 Å². The maximum atomic E-state index is 14.4. The quantitative estimate of drug-likeness (QED) is 0.280. The highest BCUT2D eigenvalue weighted by atomic mass is 16.7. The molecule has 0 N–H and O–H groups in total. The first-order chi connectivity index (χ1) is 19.8. The minimum Gasteiger partial charge on any atom is -0.493 e. The Kier molecular flexibility index (Phi) is 5.32. The molecule has 6 aliphatic rings. The molecule has 1 spiro atoms. The van der Waals surface area contributed by atoms with Gasteiger partial charge in [0.25, 0.3) is 17.9 Å². The van der Waals surface area contributed by atoms with Crippen LogP contribution in [0.25, 0.3) is 0 Å². The molecule has 7 rings (SSSR count). The number of carbonyl (C=O) groups excluding carboxylic acids is 4. The third kappa shape index (κ3) is 2.67. The Bertz CT molecular complexity index is 1460. The zero-order valence-corrected chi connectivity index (χ0v) is 24.7. The Hall–Kier alpha value is -3.42. The van der Waals surface area contributed by atoms with Crippen molar-refractivity contribution < 1.29 is 56.8 Å². The molecule has 0 radical (unpaired) electrons. The second-order valence-electron chi connectivity index (χ2n) is 12.5. The number of ether oxygens (including phenoxy) is 7. The van der Waals surface area contributed by atoms with Crippen molar-refractivity contribution in [3.63, 3.8) is 0 Å². The predicted molar refractivity (Wildman–Crippen MR) is 140 cm³/mol. The molecule has 4 fully saturated rings. The zero-order valence-electron chi connectivity index (χ0n) is 24.7. The molecule has 1 aromatic carbocycles. The van der Waals surface area contributed by atoms with Crippen molar-refractivity contribution in [2.45, 2.75) is 75.6 Å². The first kappa shape index (κ1) is 27.4. The normalized spacial score (nSPS) is 43.2. The molecule has 4 bridgehead atoms. The summed E-state index contributed by atoms with van der Waals surface area (Å²) in [6.07, 6.45) is -1.43. The Morgan fingerprint density at radius 2 is 1.71 bits per heavy atom. The third-order valence-electron chi connectivity index (χ3n) is 10.6. The van der Waals surface area contributed by atoms with Gasteiger partial charge < -0.3 is 33.2 Å². The number of hydrogen-bond acceptors (Lipinski definition) is 11. The summed E-state index contributed by atoms with van der Waals surface area (Å²) in [5.74, 6) is -4.50. The van der Waals surface area contributed by atoms with Gasteiger partial charge >= 0.3 is 17.9 Å². The van der Waals surface area contributed by atoms with E-state index in [2.05, 4.69) is 0 Å². The van der Waals surface area contributed by atoms with Crippen LogP contribution in [-0.4, -0.2) is 92.3 Å². The fourth-order valence-corrected chi connectivity index (χ4v) is 9.87. The first-order valence-corrected chi connectivity index (χ1v) is 14.1. The van der Waals surface area contributed by atoms with E-state index in [9.17, 15) is 19.2 Å². The van der Waals surface area contributed by atoms with E-state index >= 15 is 0 Å². The number of carbonyl (C=O) groups is 4. The number of piperidine rings is 1. The summed E-state index contributed by atoms with van der Waals surface area (Å²) < 4.78 is 43.4. The van der Waals surface area contributed by atoms with E-state index in [1.54, 1.807) is 13.0 Å². The number of likely N-dealkylation sites (N-methyl/N-ethyl adjacent to an activating group) is 1. The van der Waals surface area contributed by atoms with Crippen LogP contribution in [0.5, 0.6) is 11.5 Å². The summed E-state index contributed by atoms with van der Waals surface area (Å²) in [5.41, 5.74) is -3.75. The summed E-state index contributed by atoms with van der Waals surface area (Å²) in [6, 6.07) is 3.54. The maximum Gasteiger partial charge on any atom is 0.307 e. The minimum absolute atomic E-state index is 0.237. The zero-order chi connectivity index (χ0) is 30.2. The predicted octanol–water partition coefficient (Wildman–Crippen LogP) is 1.34. The molecule has 42 heavy (non-hydrogen) atoms. The molecule has 13 nitrogen and oxygen atoms in total. The highest BCUT2D eigenvalue weighted by Gasteiger charge is 2.97. The van der Waals surface area contributed by atoms with Crippen LogP contribution in [-0.2, 0) is 48.3 Å². The van der Waals surface area contributed by atoms with E-state index < -0.39 is 70.7 Å². The lowest BCUT2D eigenvalue weighted by molar-refractivity contribution is -0.986. The molecular weight excluding hydrogens is 552 g/mol. The number of rotatable bonds is 5. The summed E-state index contributed by atoms with van der Waals surface area (Å²) >= 11 is 0. The lowest BCUT2D eigenvalue weighted by Crippen LogP contribution is -2.86. The molecule has 5 heterocycles. The molecule has 1 aliphatic carbocycles. The Morgan fingerprint density at radius 3 is 2.33 bits per heavy atom. The number of methoxy groups -OCH3 is 2. The second kappa shape index (κ2) is 8.14. The molecule has 1 amide bonds. The van der Waals surface area contributed by atoms with Gasteiger partial charge in [0.2, 0.25) is 11.5 Å². The van der Waals surface area contributed by atoms with E-state index in [0.29, 0.717) is 42.9 Å². The van der Waals surface area contributed by atoms with Crippen LogP contribution in [0.4, 0.5) is 5.69 Å². The molecule has 0 aromatic heterocycles. The lowest BCUT2D eigenvalue weighted by Gasteiger charge is -2.65. The SMILES string of the molecule is COc1ccc2c3c1O[C@H](OC)C(=O)N3[C@]1(OC(C)=O)[C@@H]3O[C@@](C)(OC(C)=O)[C@H]4[C@@H]3CC[N@@+]3(C)CC[C@@]21[C@@]43OC(C)=O. The van der Waals surface area contributed by atoms with Crippen LogP contribution in [0.2, 0.25) is 0 Å². The largest absolute Gasteiger partial charge is 0.493 e. The number of anilines is 1. The van der Waals surface area contributed by atoms with E-state index in [1.807, 2.05) is 13.1 Å². The van der Waals surface area contributed by atoms with Crippen molar-refractivity contribution in [1.29, 1.82) is 0 Å². The molecule has 5 aliphatic heterocycles. The van der Waals surface area contributed by atoms with Gasteiger partial charge in [-0.3, -0.25) is 28.6 Å². The monoisotopic (exact) mass is 587 g/mol. The topological polar surface area (TPSA) is 136 Å². The van der Waals surface area contributed by atoms with Gasteiger partial charge in [0.15, 0.2) is 16.9 Å². The van der Waals surface area contributed by atoms with Gasteiger partial charge in [-0.25, -0.2) is 0 Å². The van der Waals surface area contributed by atoms with Crippen molar-refractivity contribution in [2.24, 2.45) is 11.8 Å². The van der Waals surface area contributed by atoms with Gasteiger partial charge in [-0.05, 0) is 6.07 Å². The molecule has 0 unspecified atom stereocenters. The van der Waals surface area contributed by atoms with Gasteiger partial charge in [0, 0.05) is 59.1 Å². The number of hydrogen-bond donors (Lipinski definition) is 0. The van der Waals surface area contributed by atoms with E-state index in [0.717, 1.165) is 0 Å². The van der Waals surface area contributed by atoms with E-state index in [4.69, 9.17) is 33.2 Å². The van der Waals surface area contributed by atoms with Gasteiger partial charge in [-0.2, -0.15) is 0 Å². The number of fused-ring (bicyclic) bond motifs is 2. The third-order valence-corrected chi connectivity index (χ3v) is 10.6. The number of nitrogens with zero attached hydrogens (tertiary/aromatic N) is 2. The number of esters is 3. The minimum atomic E-state index is -1.86. The van der Waals surface area contributed by atoms with E-state index in [-0.39, 0.29) is 10.2 Å². The van der Waals surface area contributed by atoms with Gasteiger partial charge in [-0.1, -0.05) is 6.07 Å². The van der Waals surface area contributed by atoms with Crippen LogP contribution in [0.15, 0.2) is 12.1 Å². The summed E-state index contributed by atoms with van der Waals surface area (Å²) in [5, 5.41) is 0. The van der Waals surface area contributed by atoms with Crippen LogP contribution in [0.3, 0.4) is 0 Å². The summed E-state index contributed by atoms with van der Waals surface area (Å²) in [4.78, 5) is 54.9. The van der Waals surface area contributed by atoms with Crippen molar-refractivity contribution in [3.05, 3.63) is 17.7 Å². The fraction of sp³-hybridized carbons (Fsp3) is 0.655. The van der Waals surface area contributed by atoms with Crippen molar-refractivity contribution >= 4 is 29.5 Å². The van der Waals surface area contributed by atoms with Crippen LogP contribution in [0, 0.1) is 11.8 Å². The molecule has 13 heteroatoms. The average Bonchev–Trinajstić information content (AvgIpc) is 3.44. The molecule has 226 valence electrons. The molecule has 3 saturated heterocycles. The molecular formula is C29H35N2O11+. The lowest BCUT2D eigenvalue weighted by atomic mass is 9.50. The van der Waals surface area contributed by atoms with Crippen molar-refractivity contribution in [2.75, 3.05) is 39.3 Å². The standard InChI is InChI=1S/C29H35N2O11/c1-14(32)39-26(4)22-17-10-12-31(5)13-11-27(29(22,31)41-16(3)34)18-8-9-19(36-6)21-20(18)30(24(35)25(37-7)38-21)28(27,23(17)42-26)40-15(2)33/h8-9,17,22-23,25H,10-13H2,1-7H3/q+1/t17-,22+,23+,25-,26+,27+,28-,29-,31-/m0/s1. The number of benzene rings is 1. The van der Waals surface area contributed by atoms with Gasteiger partial charge in [0.05, 0.1) is 32.9 Å². The number of quaternary nitrogens is 1. The second-order valence-corrected chi connectivity index (χ2v) is 12.5. The Balaban J connectivity index is 1.67. The summed E-state index contributed by atoms with van der Waals surface area (Å²) in [6.45, 7) is 6.70. The van der Waals surface area contributed by atoms with Gasteiger partial charge in [-0.15, -0.1) is 0 Å². The number of amides is 1. The van der Waals surface area contributed by atoms with Crippen molar-refractivity contribution in [3.8, 4) is 11.5 Å². The van der Waals surface area contributed by atoms with Gasteiger partial charge in [0.1, 0.15) is 12.0 Å². The van der Waals surface area contributed by atoms with Crippen molar-refractivity contribution in [1.82, 2.24) is 0 Å². The Labute approximate surface area is 242 Å².